The van der Waals surface area contributed by atoms with Crippen molar-refractivity contribution >= 4 is 28.5 Å². The van der Waals surface area contributed by atoms with E-state index in [1.54, 1.807) is 17.4 Å². The zero-order valence-electron chi connectivity index (χ0n) is 10.6. The Morgan fingerprint density at radius 2 is 2.16 bits per heavy atom. The highest BCUT2D eigenvalue weighted by molar-refractivity contribution is 7.80. The van der Waals surface area contributed by atoms with E-state index in [-0.39, 0.29) is 10.8 Å². The molecule has 1 aromatic carbocycles. The Balaban J connectivity index is 2.12. The van der Waals surface area contributed by atoms with Gasteiger partial charge < -0.3 is 5.73 Å². The molecule has 100 valence electrons. The molecule has 0 spiro atoms. The molecule has 0 atom stereocenters. The molecule has 5 heteroatoms. The molecule has 0 unspecified atom stereocenters. The van der Waals surface area contributed by atoms with Crippen molar-refractivity contribution in [3.05, 3.63) is 57.5 Å². The molecule has 1 aromatic heterocycles. The van der Waals surface area contributed by atoms with Gasteiger partial charge in [0.25, 0.3) is 0 Å². The normalized spacial score (nSPS) is 10.9. The van der Waals surface area contributed by atoms with E-state index < -0.39 is 0 Å². The van der Waals surface area contributed by atoms with Crippen LogP contribution in [0.4, 0.5) is 4.39 Å². The minimum Gasteiger partial charge on any atom is -0.389 e. The number of benzene rings is 1. The molecule has 0 aliphatic heterocycles. The molecule has 2 aromatic rings. The summed E-state index contributed by atoms with van der Waals surface area (Å²) in [5.41, 5.74) is 7.21. The maximum absolute atomic E-state index is 13.2. The summed E-state index contributed by atoms with van der Waals surface area (Å²) in [4.78, 5) is 3.68. The molecular formula is C14H15FN2S2. The third-order valence-corrected chi connectivity index (χ3v) is 3.86. The largest absolute Gasteiger partial charge is 0.389 e. The highest BCUT2D eigenvalue weighted by atomic mass is 32.1. The van der Waals surface area contributed by atoms with Gasteiger partial charge in [-0.05, 0) is 36.2 Å². The number of hydrogen-bond donors (Lipinski definition) is 1. The first-order chi connectivity index (χ1) is 9.06. The van der Waals surface area contributed by atoms with Gasteiger partial charge in [0.15, 0.2) is 0 Å². The van der Waals surface area contributed by atoms with E-state index in [2.05, 4.69) is 16.3 Å². The molecule has 2 nitrogen and oxygen atoms in total. The second kappa shape index (κ2) is 6.23. The lowest BCUT2D eigenvalue weighted by molar-refractivity contribution is 0.321. The van der Waals surface area contributed by atoms with E-state index in [0.717, 1.165) is 12.1 Å². The van der Waals surface area contributed by atoms with E-state index in [9.17, 15) is 4.39 Å². The Hall–Kier alpha value is -1.30. The van der Waals surface area contributed by atoms with Gasteiger partial charge in [-0.3, -0.25) is 4.90 Å². The predicted molar refractivity (Wildman–Crippen MR) is 81.8 cm³/mol. The summed E-state index contributed by atoms with van der Waals surface area (Å²) >= 11 is 6.70. The van der Waals surface area contributed by atoms with Crippen LogP contribution in [0.5, 0.6) is 0 Å². The third kappa shape index (κ3) is 3.83. The van der Waals surface area contributed by atoms with E-state index in [0.29, 0.717) is 12.1 Å². The minimum absolute atomic E-state index is 0.235. The summed E-state index contributed by atoms with van der Waals surface area (Å²) < 4.78 is 13.2. The fraction of sp³-hybridized carbons (Fsp3) is 0.214. The average molecular weight is 294 g/mol. The Bertz CT molecular complexity index is 567. The number of nitrogens with two attached hydrogens (primary N) is 1. The van der Waals surface area contributed by atoms with Crippen molar-refractivity contribution in [2.75, 3.05) is 7.05 Å². The van der Waals surface area contributed by atoms with Crippen molar-refractivity contribution < 1.29 is 4.39 Å². The number of hydrogen-bond acceptors (Lipinski definition) is 3. The lowest BCUT2D eigenvalue weighted by Crippen LogP contribution is -2.20. The molecular weight excluding hydrogens is 279 g/mol. The molecule has 0 amide bonds. The molecule has 1 heterocycles. The van der Waals surface area contributed by atoms with Crippen LogP contribution in [-0.4, -0.2) is 16.9 Å². The maximum Gasteiger partial charge on any atom is 0.123 e. The van der Waals surface area contributed by atoms with Crippen LogP contribution in [0, 0.1) is 5.82 Å². The van der Waals surface area contributed by atoms with Gasteiger partial charge in [0, 0.05) is 23.5 Å². The number of rotatable bonds is 5. The molecule has 0 aliphatic carbocycles. The van der Waals surface area contributed by atoms with Crippen LogP contribution < -0.4 is 5.73 Å². The minimum atomic E-state index is -0.313. The van der Waals surface area contributed by atoms with Crippen molar-refractivity contribution in [1.82, 2.24) is 4.90 Å². The molecule has 0 fully saturated rings. The Morgan fingerprint density at radius 1 is 1.37 bits per heavy atom. The highest BCUT2D eigenvalue weighted by Gasteiger charge is 2.10. The van der Waals surface area contributed by atoms with Gasteiger partial charge in [-0.15, -0.1) is 11.3 Å². The number of thiophene rings is 1. The topological polar surface area (TPSA) is 29.3 Å². The van der Waals surface area contributed by atoms with Crippen molar-refractivity contribution in [3.63, 3.8) is 0 Å². The summed E-state index contributed by atoms with van der Waals surface area (Å²) in [6.07, 6.45) is 0. The standard InChI is InChI=1S/C14H15FN2S2/c1-17(9-12-3-2-6-19-12)8-10-4-5-11(15)7-13(10)14(16)18/h2-7H,8-9H2,1H3,(H2,16,18). The predicted octanol–water partition coefficient (Wildman–Crippen LogP) is 3.15. The molecule has 2 N–H and O–H groups in total. The van der Waals surface area contributed by atoms with E-state index >= 15 is 0 Å². The lowest BCUT2D eigenvalue weighted by atomic mass is 10.1. The van der Waals surface area contributed by atoms with Crippen LogP contribution in [0.1, 0.15) is 16.0 Å². The molecule has 0 aliphatic rings. The summed E-state index contributed by atoms with van der Waals surface area (Å²) in [5, 5.41) is 2.06. The molecule has 19 heavy (non-hydrogen) atoms. The smallest absolute Gasteiger partial charge is 0.123 e. The van der Waals surface area contributed by atoms with Crippen molar-refractivity contribution in [2.45, 2.75) is 13.1 Å². The van der Waals surface area contributed by atoms with Gasteiger partial charge in [0.05, 0.1) is 0 Å². The van der Waals surface area contributed by atoms with Gasteiger partial charge in [-0.25, -0.2) is 4.39 Å². The molecule has 0 saturated heterocycles. The molecule has 2 rings (SSSR count). The van der Waals surface area contributed by atoms with Gasteiger partial charge >= 0.3 is 0 Å². The molecule has 0 saturated carbocycles. The summed E-state index contributed by atoms with van der Waals surface area (Å²) in [7, 11) is 2.02. The fourth-order valence-corrected chi connectivity index (χ4v) is 2.91. The molecule has 0 radical (unpaired) electrons. The molecule has 0 bridgehead atoms. The van der Waals surface area contributed by atoms with Crippen LogP contribution in [0.3, 0.4) is 0 Å². The quantitative estimate of drug-likeness (QED) is 0.859. The first-order valence-electron chi connectivity index (χ1n) is 5.85. The second-order valence-corrected chi connectivity index (χ2v) is 5.89. The van der Waals surface area contributed by atoms with E-state index in [1.165, 1.54) is 17.0 Å². The van der Waals surface area contributed by atoms with Crippen LogP contribution in [-0.2, 0) is 13.1 Å². The third-order valence-electron chi connectivity index (χ3n) is 2.78. The number of nitrogens with zero attached hydrogens (tertiary/aromatic N) is 1. The van der Waals surface area contributed by atoms with E-state index in [1.807, 2.05) is 13.1 Å². The van der Waals surface area contributed by atoms with Gasteiger partial charge in [0.1, 0.15) is 10.8 Å². The van der Waals surface area contributed by atoms with E-state index in [4.69, 9.17) is 18.0 Å². The number of thiocarbonyl (C=S) groups is 1. The van der Waals surface area contributed by atoms with Crippen molar-refractivity contribution in [1.29, 1.82) is 0 Å². The Labute approximate surface area is 121 Å². The van der Waals surface area contributed by atoms with Crippen LogP contribution >= 0.6 is 23.6 Å². The zero-order chi connectivity index (χ0) is 13.8. The van der Waals surface area contributed by atoms with Crippen molar-refractivity contribution in [2.24, 2.45) is 5.73 Å². The Morgan fingerprint density at radius 3 is 2.79 bits per heavy atom. The Kier molecular flexibility index (Phi) is 4.63. The second-order valence-electron chi connectivity index (χ2n) is 4.42. The van der Waals surface area contributed by atoms with Gasteiger partial charge in [-0.1, -0.05) is 24.4 Å². The summed E-state index contributed by atoms with van der Waals surface area (Å²) in [6.45, 7) is 1.54. The van der Waals surface area contributed by atoms with Gasteiger partial charge in [-0.2, -0.15) is 0 Å². The summed E-state index contributed by atoms with van der Waals surface area (Å²) in [6, 6.07) is 8.72. The highest BCUT2D eigenvalue weighted by Crippen LogP contribution is 2.16. The monoisotopic (exact) mass is 294 g/mol. The van der Waals surface area contributed by atoms with Crippen LogP contribution in [0.25, 0.3) is 0 Å². The van der Waals surface area contributed by atoms with Crippen LogP contribution in [0.2, 0.25) is 0 Å². The lowest BCUT2D eigenvalue weighted by Gasteiger charge is -2.18. The fourth-order valence-electron chi connectivity index (χ4n) is 1.93. The zero-order valence-corrected chi connectivity index (χ0v) is 12.2. The average Bonchev–Trinajstić information content (AvgIpc) is 2.83. The first-order valence-corrected chi connectivity index (χ1v) is 7.14. The summed E-state index contributed by atoms with van der Waals surface area (Å²) in [5.74, 6) is -0.313. The van der Waals surface area contributed by atoms with Crippen LogP contribution in [0.15, 0.2) is 35.7 Å². The maximum atomic E-state index is 13.2. The number of halogens is 1. The van der Waals surface area contributed by atoms with Gasteiger partial charge in [0.2, 0.25) is 0 Å². The van der Waals surface area contributed by atoms with Crippen molar-refractivity contribution in [3.8, 4) is 0 Å². The first kappa shape index (κ1) is 14.1. The SMILES string of the molecule is CN(Cc1cccs1)Cc1ccc(F)cc1C(N)=S.